The zero-order valence-corrected chi connectivity index (χ0v) is 12.9. The lowest BCUT2D eigenvalue weighted by Gasteiger charge is -2.08. The lowest BCUT2D eigenvalue weighted by atomic mass is 10.3. The van der Waals surface area contributed by atoms with Crippen molar-refractivity contribution in [1.29, 1.82) is 0 Å². The molecule has 0 saturated carbocycles. The second-order valence-electron chi connectivity index (χ2n) is 4.15. The SMILES string of the molecule is Nc1cc(NC(=O)Cn2cc(Br)c(=O)[nH]c2=O)ccc1Cl. The van der Waals surface area contributed by atoms with Crippen LogP contribution in [-0.4, -0.2) is 15.5 Å². The highest BCUT2D eigenvalue weighted by Gasteiger charge is 2.08. The number of nitrogens with two attached hydrogens (primary N) is 1. The van der Waals surface area contributed by atoms with Gasteiger partial charge >= 0.3 is 5.69 Å². The minimum atomic E-state index is -0.672. The first-order chi connectivity index (χ1) is 9.86. The summed E-state index contributed by atoms with van der Waals surface area (Å²) < 4.78 is 1.23. The van der Waals surface area contributed by atoms with Gasteiger partial charge in [0.2, 0.25) is 5.91 Å². The van der Waals surface area contributed by atoms with E-state index in [1.54, 1.807) is 12.1 Å². The molecule has 0 aliphatic carbocycles. The van der Waals surface area contributed by atoms with Crippen LogP contribution in [0, 0.1) is 0 Å². The van der Waals surface area contributed by atoms with Crippen LogP contribution in [0.4, 0.5) is 11.4 Å². The zero-order valence-electron chi connectivity index (χ0n) is 10.5. The van der Waals surface area contributed by atoms with Crippen molar-refractivity contribution in [3.05, 3.63) is 54.7 Å². The molecule has 4 N–H and O–H groups in total. The molecule has 0 unspecified atom stereocenters. The molecule has 1 heterocycles. The van der Waals surface area contributed by atoms with Crippen molar-refractivity contribution in [3.8, 4) is 0 Å². The van der Waals surface area contributed by atoms with Crippen molar-refractivity contribution < 1.29 is 4.79 Å². The number of nitrogen functional groups attached to an aromatic ring is 1. The molecule has 110 valence electrons. The number of aromatic nitrogens is 2. The monoisotopic (exact) mass is 372 g/mol. The van der Waals surface area contributed by atoms with Crippen LogP contribution in [0.25, 0.3) is 0 Å². The predicted molar refractivity (Wildman–Crippen MR) is 83.5 cm³/mol. The number of anilines is 2. The van der Waals surface area contributed by atoms with Gasteiger partial charge in [0.05, 0.1) is 15.2 Å². The summed E-state index contributed by atoms with van der Waals surface area (Å²) in [7, 11) is 0. The average molecular weight is 374 g/mol. The van der Waals surface area contributed by atoms with Crippen LogP contribution in [0.2, 0.25) is 5.02 Å². The highest BCUT2D eigenvalue weighted by atomic mass is 79.9. The Hall–Kier alpha value is -2.06. The van der Waals surface area contributed by atoms with Gasteiger partial charge in [0, 0.05) is 11.9 Å². The molecular formula is C12H10BrClN4O3. The fourth-order valence-electron chi connectivity index (χ4n) is 1.58. The highest BCUT2D eigenvalue weighted by Crippen LogP contribution is 2.22. The summed E-state index contributed by atoms with van der Waals surface area (Å²) in [5, 5.41) is 2.96. The number of benzene rings is 1. The maximum Gasteiger partial charge on any atom is 0.328 e. The topological polar surface area (TPSA) is 110 Å². The van der Waals surface area contributed by atoms with Crippen molar-refractivity contribution in [3.63, 3.8) is 0 Å². The molecule has 0 aliphatic heterocycles. The summed E-state index contributed by atoms with van der Waals surface area (Å²) in [5.74, 6) is -0.447. The summed E-state index contributed by atoms with van der Waals surface area (Å²) in [4.78, 5) is 36.7. The Morgan fingerprint density at radius 2 is 2.14 bits per heavy atom. The Morgan fingerprint density at radius 3 is 2.81 bits per heavy atom. The summed E-state index contributed by atoms with van der Waals surface area (Å²) in [5.41, 5.74) is 5.19. The van der Waals surface area contributed by atoms with Gasteiger partial charge in [0.1, 0.15) is 6.54 Å². The summed E-state index contributed by atoms with van der Waals surface area (Å²) in [6.45, 7) is -0.253. The molecule has 21 heavy (non-hydrogen) atoms. The van der Waals surface area contributed by atoms with E-state index >= 15 is 0 Å². The van der Waals surface area contributed by atoms with Gasteiger partial charge in [0.15, 0.2) is 0 Å². The fourth-order valence-corrected chi connectivity index (χ4v) is 2.04. The van der Waals surface area contributed by atoms with Gasteiger partial charge < -0.3 is 11.1 Å². The van der Waals surface area contributed by atoms with Crippen LogP contribution in [-0.2, 0) is 11.3 Å². The zero-order chi connectivity index (χ0) is 15.6. The van der Waals surface area contributed by atoms with Gasteiger partial charge in [-0.3, -0.25) is 19.1 Å². The second kappa shape index (κ2) is 6.15. The van der Waals surface area contributed by atoms with E-state index in [1.807, 2.05) is 0 Å². The van der Waals surface area contributed by atoms with Gasteiger partial charge in [-0.25, -0.2) is 4.79 Å². The van der Waals surface area contributed by atoms with E-state index in [0.717, 1.165) is 4.57 Å². The summed E-state index contributed by atoms with van der Waals surface area (Å²) in [6.07, 6.45) is 1.25. The third kappa shape index (κ3) is 3.73. The number of hydrogen-bond donors (Lipinski definition) is 3. The van der Waals surface area contributed by atoms with E-state index in [4.69, 9.17) is 17.3 Å². The van der Waals surface area contributed by atoms with E-state index < -0.39 is 17.2 Å². The first kappa shape index (κ1) is 15.3. The molecule has 1 amide bonds. The Morgan fingerprint density at radius 1 is 1.43 bits per heavy atom. The highest BCUT2D eigenvalue weighted by molar-refractivity contribution is 9.10. The normalized spacial score (nSPS) is 10.4. The van der Waals surface area contributed by atoms with E-state index in [1.165, 1.54) is 12.3 Å². The molecule has 7 nitrogen and oxygen atoms in total. The van der Waals surface area contributed by atoms with E-state index in [0.29, 0.717) is 16.4 Å². The molecule has 1 aromatic heterocycles. The number of carbonyl (C=O) groups excluding carboxylic acids is 1. The van der Waals surface area contributed by atoms with Gasteiger partial charge in [0.25, 0.3) is 5.56 Å². The Kier molecular flexibility index (Phi) is 4.49. The van der Waals surface area contributed by atoms with Gasteiger partial charge in [-0.05, 0) is 34.1 Å². The Labute approximate surface area is 131 Å². The lowest BCUT2D eigenvalue weighted by Crippen LogP contribution is -2.33. The molecule has 0 radical (unpaired) electrons. The first-order valence-corrected chi connectivity index (χ1v) is 6.88. The third-order valence-electron chi connectivity index (χ3n) is 2.56. The Balaban J connectivity index is 2.15. The van der Waals surface area contributed by atoms with Crippen LogP contribution in [0.1, 0.15) is 0 Å². The fraction of sp³-hybridized carbons (Fsp3) is 0.0833. The number of carbonyl (C=O) groups is 1. The largest absolute Gasteiger partial charge is 0.397 e. The molecule has 0 fully saturated rings. The number of nitrogens with one attached hydrogen (secondary N) is 2. The van der Waals surface area contributed by atoms with Crippen molar-refractivity contribution in [1.82, 2.24) is 9.55 Å². The molecule has 0 aliphatic rings. The lowest BCUT2D eigenvalue weighted by molar-refractivity contribution is -0.116. The number of halogens is 2. The van der Waals surface area contributed by atoms with Gasteiger partial charge in [-0.15, -0.1) is 0 Å². The molecule has 2 aromatic rings. The van der Waals surface area contributed by atoms with Crippen molar-refractivity contribution >= 4 is 44.8 Å². The van der Waals surface area contributed by atoms with Crippen LogP contribution in [0.5, 0.6) is 0 Å². The Bertz CT molecular complexity index is 815. The minimum Gasteiger partial charge on any atom is -0.397 e. The van der Waals surface area contributed by atoms with E-state index in [9.17, 15) is 14.4 Å². The standard InChI is InChI=1S/C12H10BrClN4O3/c13-7-4-18(12(21)17-11(7)20)5-10(19)16-6-1-2-8(14)9(15)3-6/h1-4H,5,15H2,(H,16,19)(H,17,20,21). The molecule has 2 rings (SSSR count). The number of aromatic amines is 1. The van der Waals surface area contributed by atoms with Crippen molar-refractivity contribution in [2.75, 3.05) is 11.1 Å². The van der Waals surface area contributed by atoms with Crippen LogP contribution >= 0.6 is 27.5 Å². The van der Waals surface area contributed by atoms with Gasteiger partial charge in [-0.2, -0.15) is 0 Å². The predicted octanol–water partition coefficient (Wildman–Crippen LogP) is 1.17. The van der Waals surface area contributed by atoms with E-state index in [2.05, 4.69) is 26.2 Å². The molecule has 9 heteroatoms. The van der Waals surface area contributed by atoms with E-state index in [-0.39, 0.29) is 11.0 Å². The molecule has 0 spiro atoms. The third-order valence-corrected chi connectivity index (χ3v) is 3.47. The number of rotatable bonds is 3. The second-order valence-corrected chi connectivity index (χ2v) is 5.41. The molecule has 0 atom stereocenters. The first-order valence-electron chi connectivity index (χ1n) is 5.71. The smallest absolute Gasteiger partial charge is 0.328 e. The van der Waals surface area contributed by atoms with Gasteiger partial charge in [-0.1, -0.05) is 11.6 Å². The van der Waals surface area contributed by atoms with Crippen LogP contribution in [0.3, 0.4) is 0 Å². The summed E-state index contributed by atoms with van der Waals surface area (Å²) >= 11 is 8.77. The molecular weight excluding hydrogens is 364 g/mol. The average Bonchev–Trinajstić information content (AvgIpc) is 2.40. The number of H-pyrrole nitrogens is 1. The number of nitrogens with zero attached hydrogens (tertiary/aromatic N) is 1. The molecule has 1 aromatic carbocycles. The number of amides is 1. The molecule has 0 saturated heterocycles. The maximum atomic E-state index is 11.9. The maximum absolute atomic E-state index is 11.9. The van der Waals surface area contributed by atoms with Crippen LogP contribution in [0.15, 0.2) is 38.5 Å². The minimum absolute atomic E-state index is 0.158. The van der Waals surface area contributed by atoms with Crippen LogP contribution < -0.4 is 22.3 Å². The quantitative estimate of drug-likeness (QED) is 0.702. The van der Waals surface area contributed by atoms with Crippen molar-refractivity contribution in [2.24, 2.45) is 0 Å². The molecule has 0 bridgehead atoms. The number of hydrogen-bond acceptors (Lipinski definition) is 4. The summed E-state index contributed by atoms with van der Waals surface area (Å²) in [6, 6.07) is 4.64. The van der Waals surface area contributed by atoms with Crippen molar-refractivity contribution in [2.45, 2.75) is 6.54 Å².